The molecule has 2 aromatic rings. The lowest BCUT2D eigenvalue weighted by molar-refractivity contribution is 0.0716. The van der Waals surface area contributed by atoms with Crippen molar-refractivity contribution in [2.24, 2.45) is 0 Å². The molecule has 2 aromatic heterocycles. The number of carbonyl (C=O) groups is 1. The van der Waals surface area contributed by atoms with Crippen LogP contribution in [0.5, 0.6) is 0 Å². The number of thiophene rings is 2. The molecule has 3 heterocycles. The lowest BCUT2D eigenvalue weighted by Crippen LogP contribution is -2.46. The number of aryl methyl sites for hydroxylation is 2. The largest absolute Gasteiger partial charge is 0.338 e. The van der Waals surface area contributed by atoms with Crippen molar-refractivity contribution in [3.05, 3.63) is 38.9 Å². The van der Waals surface area contributed by atoms with Crippen molar-refractivity contribution < 1.29 is 13.2 Å². The highest BCUT2D eigenvalue weighted by Crippen LogP contribution is 2.25. The lowest BCUT2D eigenvalue weighted by atomic mass is 10.1. The fourth-order valence-corrected chi connectivity index (χ4v) is 6.42. The van der Waals surface area contributed by atoms with Gasteiger partial charge in [-0.3, -0.25) is 4.79 Å². The molecule has 0 spiro atoms. The predicted molar refractivity (Wildman–Crippen MR) is 102 cm³/mol. The van der Waals surface area contributed by atoms with E-state index < -0.39 is 10.0 Å². The highest BCUT2D eigenvalue weighted by atomic mass is 32.2. The average Bonchev–Trinajstić information content (AvgIpc) is 3.24. The van der Waals surface area contributed by atoms with E-state index in [0.29, 0.717) is 30.1 Å². The maximum absolute atomic E-state index is 12.7. The fourth-order valence-electron chi connectivity index (χ4n) is 3.03. The van der Waals surface area contributed by atoms with Gasteiger partial charge in [0.2, 0.25) is 10.0 Å². The molecule has 136 valence electrons. The van der Waals surface area contributed by atoms with E-state index in [-0.39, 0.29) is 11.9 Å². The molecule has 0 aliphatic carbocycles. The minimum Gasteiger partial charge on any atom is -0.338 e. The lowest BCUT2D eigenvalue weighted by Gasteiger charge is -2.31. The van der Waals surface area contributed by atoms with Crippen LogP contribution in [0, 0.1) is 6.92 Å². The van der Waals surface area contributed by atoms with Crippen molar-refractivity contribution in [1.29, 1.82) is 0 Å². The number of nitrogens with one attached hydrogen (secondary N) is 1. The van der Waals surface area contributed by atoms with Crippen LogP contribution in [0.4, 0.5) is 0 Å². The van der Waals surface area contributed by atoms with Gasteiger partial charge in [0.1, 0.15) is 4.21 Å². The maximum Gasteiger partial charge on any atom is 0.263 e. The van der Waals surface area contributed by atoms with Gasteiger partial charge in [-0.2, -0.15) is 0 Å². The molecule has 0 unspecified atom stereocenters. The molecule has 1 amide bonds. The molecular weight excluding hydrogens is 376 g/mol. The minimum absolute atomic E-state index is 0.0624. The average molecular weight is 399 g/mol. The highest BCUT2D eigenvalue weighted by Gasteiger charge is 2.28. The number of nitrogens with zero attached hydrogens (tertiary/aromatic N) is 1. The number of amides is 1. The number of carbonyl (C=O) groups excluding carboxylic acids is 1. The van der Waals surface area contributed by atoms with Crippen molar-refractivity contribution in [3.63, 3.8) is 0 Å². The normalized spacial score (nSPS) is 16.3. The van der Waals surface area contributed by atoms with E-state index in [1.165, 1.54) is 21.8 Å². The molecular formula is C17H22N2O3S3. The summed E-state index contributed by atoms with van der Waals surface area (Å²) in [4.78, 5) is 16.5. The van der Waals surface area contributed by atoms with E-state index in [1.807, 2.05) is 17.9 Å². The molecule has 0 saturated carbocycles. The van der Waals surface area contributed by atoms with Gasteiger partial charge in [0, 0.05) is 24.0 Å². The van der Waals surface area contributed by atoms with Crippen molar-refractivity contribution >= 4 is 38.6 Å². The second kappa shape index (κ2) is 7.57. The Morgan fingerprint density at radius 3 is 2.64 bits per heavy atom. The van der Waals surface area contributed by atoms with Gasteiger partial charge in [-0.1, -0.05) is 13.0 Å². The van der Waals surface area contributed by atoms with Crippen molar-refractivity contribution in [2.75, 3.05) is 13.1 Å². The molecule has 1 aliphatic rings. The van der Waals surface area contributed by atoms with Gasteiger partial charge in [-0.25, -0.2) is 13.1 Å². The van der Waals surface area contributed by atoms with E-state index in [2.05, 4.69) is 11.6 Å². The summed E-state index contributed by atoms with van der Waals surface area (Å²) in [5, 5.41) is 1.75. The summed E-state index contributed by atoms with van der Waals surface area (Å²) in [6.45, 7) is 5.29. The van der Waals surface area contributed by atoms with Crippen LogP contribution in [0.3, 0.4) is 0 Å². The molecule has 0 atom stereocenters. The zero-order valence-electron chi connectivity index (χ0n) is 14.3. The maximum atomic E-state index is 12.7. The molecule has 1 saturated heterocycles. The van der Waals surface area contributed by atoms with Crippen LogP contribution in [-0.2, 0) is 16.4 Å². The van der Waals surface area contributed by atoms with Gasteiger partial charge in [-0.05, 0) is 49.3 Å². The van der Waals surface area contributed by atoms with Gasteiger partial charge in [0.15, 0.2) is 0 Å². The van der Waals surface area contributed by atoms with Gasteiger partial charge in [0.25, 0.3) is 5.91 Å². The first-order valence-corrected chi connectivity index (χ1v) is 11.5. The van der Waals surface area contributed by atoms with Crippen LogP contribution in [0.1, 0.15) is 39.9 Å². The Bertz CT molecular complexity index is 833. The second-order valence-electron chi connectivity index (χ2n) is 6.19. The van der Waals surface area contributed by atoms with Crippen molar-refractivity contribution in [3.8, 4) is 0 Å². The van der Waals surface area contributed by atoms with E-state index in [4.69, 9.17) is 0 Å². The van der Waals surface area contributed by atoms with Crippen molar-refractivity contribution in [2.45, 2.75) is 43.4 Å². The molecule has 8 heteroatoms. The van der Waals surface area contributed by atoms with E-state index >= 15 is 0 Å². The van der Waals surface area contributed by atoms with Crippen LogP contribution in [0.15, 0.2) is 27.8 Å². The first kappa shape index (κ1) is 18.6. The third kappa shape index (κ3) is 4.13. The van der Waals surface area contributed by atoms with Crippen LogP contribution in [0.2, 0.25) is 0 Å². The number of hydrogen-bond acceptors (Lipinski definition) is 5. The Hall–Kier alpha value is -1.22. The zero-order chi connectivity index (χ0) is 18.0. The molecule has 1 aliphatic heterocycles. The van der Waals surface area contributed by atoms with Crippen LogP contribution in [0.25, 0.3) is 0 Å². The summed E-state index contributed by atoms with van der Waals surface area (Å²) in [5.41, 5.74) is 1.18. The van der Waals surface area contributed by atoms with E-state index in [9.17, 15) is 13.2 Å². The van der Waals surface area contributed by atoms with Gasteiger partial charge in [0.05, 0.1) is 4.88 Å². The Morgan fingerprint density at radius 2 is 2.08 bits per heavy atom. The third-order valence-electron chi connectivity index (χ3n) is 4.42. The second-order valence-corrected chi connectivity index (χ2v) is 10.2. The Morgan fingerprint density at radius 1 is 1.36 bits per heavy atom. The summed E-state index contributed by atoms with van der Waals surface area (Å²) < 4.78 is 27.7. The third-order valence-corrected chi connectivity index (χ3v) is 8.70. The van der Waals surface area contributed by atoms with E-state index in [0.717, 1.165) is 11.3 Å². The monoisotopic (exact) mass is 398 g/mol. The molecule has 0 radical (unpaired) electrons. The molecule has 1 fully saturated rings. The Kier molecular flexibility index (Phi) is 5.62. The van der Waals surface area contributed by atoms with Crippen molar-refractivity contribution in [1.82, 2.24) is 9.62 Å². The minimum atomic E-state index is -3.45. The van der Waals surface area contributed by atoms with E-state index in [1.54, 1.807) is 28.8 Å². The SMILES string of the molecule is CCc1sc(C(=O)N2CCC(NS(=O)(=O)c3cccs3)CC2)cc1C. The number of sulfonamides is 1. The summed E-state index contributed by atoms with van der Waals surface area (Å²) in [5.74, 6) is 0.0624. The van der Waals surface area contributed by atoms with Gasteiger partial charge in [-0.15, -0.1) is 22.7 Å². The summed E-state index contributed by atoms with van der Waals surface area (Å²) in [6.07, 6.45) is 2.22. The summed E-state index contributed by atoms with van der Waals surface area (Å²) in [7, 11) is -3.45. The number of piperidine rings is 1. The van der Waals surface area contributed by atoms with Crippen LogP contribution in [-0.4, -0.2) is 38.4 Å². The topological polar surface area (TPSA) is 66.5 Å². The van der Waals surface area contributed by atoms with Gasteiger partial charge >= 0.3 is 0 Å². The molecule has 3 rings (SSSR count). The fraction of sp³-hybridized carbons (Fsp3) is 0.471. The quantitative estimate of drug-likeness (QED) is 0.841. The predicted octanol–water partition coefficient (Wildman–Crippen LogP) is 3.26. The van der Waals surface area contributed by atoms with Crippen LogP contribution < -0.4 is 4.72 Å². The smallest absolute Gasteiger partial charge is 0.263 e. The Balaban J connectivity index is 1.59. The molecule has 5 nitrogen and oxygen atoms in total. The Labute approximate surface area is 156 Å². The van der Waals surface area contributed by atoms with Gasteiger partial charge < -0.3 is 4.90 Å². The summed E-state index contributed by atoms with van der Waals surface area (Å²) >= 11 is 2.78. The zero-order valence-corrected chi connectivity index (χ0v) is 16.8. The number of likely N-dealkylation sites (tertiary alicyclic amines) is 1. The number of hydrogen-bond donors (Lipinski definition) is 1. The molecule has 25 heavy (non-hydrogen) atoms. The first-order chi connectivity index (χ1) is 11.9. The van der Waals surface area contributed by atoms with Crippen LogP contribution >= 0.6 is 22.7 Å². The highest BCUT2D eigenvalue weighted by molar-refractivity contribution is 7.91. The molecule has 1 N–H and O–H groups in total. The number of rotatable bonds is 5. The summed E-state index contributed by atoms with van der Waals surface area (Å²) in [6, 6.07) is 5.19. The first-order valence-electron chi connectivity index (χ1n) is 8.35. The standard InChI is InChI=1S/C17H22N2O3S3/c1-3-14-12(2)11-15(24-14)17(20)19-8-6-13(7-9-19)18-25(21,22)16-5-4-10-23-16/h4-5,10-11,13,18H,3,6-9H2,1-2H3. The molecule has 0 aromatic carbocycles. The molecule has 0 bridgehead atoms.